The number of carbonyl (C=O) groups is 2. The summed E-state index contributed by atoms with van der Waals surface area (Å²) in [6.07, 6.45) is 1.88. The maximum absolute atomic E-state index is 11.9. The number of hydrogen-bond acceptors (Lipinski definition) is 4. The Morgan fingerprint density at radius 2 is 2.16 bits per heavy atom. The van der Waals surface area contributed by atoms with Crippen LogP contribution in [0, 0.1) is 12.8 Å². The van der Waals surface area contributed by atoms with E-state index in [1.807, 2.05) is 0 Å². The van der Waals surface area contributed by atoms with Gasteiger partial charge in [-0.05, 0) is 25.7 Å². The van der Waals surface area contributed by atoms with Crippen molar-refractivity contribution in [2.45, 2.75) is 33.1 Å². The third-order valence-corrected chi connectivity index (χ3v) is 3.34. The third kappa shape index (κ3) is 3.81. The lowest BCUT2D eigenvalue weighted by Gasteiger charge is -2.30. The van der Waals surface area contributed by atoms with E-state index >= 15 is 0 Å². The number of aromatic nitrogens is 1. The van der Waals surface area contributed by atoms with E-state index in [1.54, 1.807) is 17.9 Å². The van der Waals surface area contributed by atoms with Gasteiger partial charge in [0, 0.05) is 19.2 Å². The first-order valence-corrected chi connectivity index (χ1v) is 6.55. The molecular weight excluding hydrogens is 246 g/mol. The number of anilines is 1. The van der Waals surface area contributed by atoms with Crippen molar-refractivity contribution in [3.63, 3.8) is 0 Å². The molecule has 0 aliphatic carbocycles. The van der Waals surface area contributed by atoms with Crippen LogP contribution in [0.2, 0.25) is 0 Å². The summed E-state index contributed by atoms with van der Waals surface area (Å²) in [5.41, 5.74) is 0. The Morgan fingerprint density at radius 3 is 2.74 bits per heavy atom. The van der Waals surface area contributed by atoms with Crippen molar-refractivity contribution >= 4 is 17.6 Å². The average Bonchev–Trinajstić information content (AvgIpc) is 2.75. The zero-order chi connectivity index (χ0) is 13.8. The lowest BCUT2D eigenvalue weighted by molar-refractivity contribution is -0.135. The van der Waals surface area contributed by atoms with Gasteiger partial charge in [0.15, 0.2) is 5.82 Å². The summed E-state index contributed by atoms with van der Waals surface area (Å²) in [5.74, 6) is 1.16. The molecular formula is C13H19N3O3. The summed E-state index contributed by atoms with van der Waals surface area (Å²) in [6.45, 7) is 5.41. The highest BCUT2D eigenvalue weighted by atomic mass is 16.5. The van der Waals surface area contributed by atoms with Gasteiger partial charge in [0.05, 0.1) is 0 Å². The second kappa shape index (κ2) is 5.86. The maximum Gasteiger partial charge on any atom is 0.235 e. The standard InChI is InChI=1S/C13H19N3O3/c1-9-3-5-16(6-4-9)13(18)8-12(17)14-11-7-10(2)19-15-11/h7,9H,3-6,8H2,1-2H3,(H,14,15,17). The third-order valence-electron chi connectivity index (χ3n) is 3.34. The molecule has 6 nitrogen and oxygen atoms in total. The van der Waals surface area contributed by atoms with Crippen LogP contribution in [0.5, 0.6) is 0 Å². The topological polar surface area (TPSA) is 75.4 Å². The van der Waals surface area contributed by atoms with Crippen LogP contribution in [0.3, 0.4) is 0 Å². The fourth-order valence-corrected chi connectivity index (χ4v) is 2.12. The van der Waals surface area contributed by atoms with E-state index in [4.69, 9.17) is 4.52 Å². The van der Waals surface area contributed by atoms with Gasteiger partial charge in [0.2, 0.25) is 11.8 Å². The van der Waals surface area contributed by atoms with Crippen LogP contribution in [-0.4, -0.2) is 35.0 Å². The number of carbonyl (C=O) groups excluding carboxylic acids is 2. The van der Waals surface area contributed by atoms with Gasteiger partial charge in [0.25, 0.3) is 0 Å². The summed E-state index contributed by atoms with van der Waals surface area (Å²) in [5, 5.41) is 6.20. The quantitative estimate of drug-likeness (QED) is 0.842. The molecule has 0 spiro atoms. The van der Waals surface area contributed by atoms with Gasteiger partial charge in [-0.25, -0.2) is 0 Å². The van der Waals surface area contributed by atoms with E-state index in [0.717, 1.165) is 25.9 Å². The fourth-order valence-electron chi connectivity index (χ4n) is 2.12. The van der Waals surface area contributed by atoms with Gasteiger partial charge in [-0.1, -0.05) is 12.1 Å². The van der Waals surface area contributed by atoms with Gasteiger partial charge in [-0.15, -0.1) is 0 Å². The van der Waals surface area contributed by atoms with Crippen molar-refractivity contribution < 1.29 is 14.1 Å². The highest BCUT2D eigenvalue weighted by Gasteiger charge is 2.22. The Kier molecular flexibility index (Phi) is 4.19. The molecule has 2 heterocycles. The Hall–Kier alpha value is -1.85. The summed E-state index contributed by atoms with van der Waals surface area (Å²) < 4.78 is 4.84. The molecule has 1 aliphatic rings. The molecule has 0 bridgehead atoms. The highest BCUT2D eigenvalue weighted by Crippen LogP contribution is 2.16. The van der Waals surface area contributed by atoms with Crippen molar-refractivity contribution in [2.24, 2.45) is 5.92 Å². The fraction of sp³-hybridized carbons (Fsp3) is 0.615. The molecule has 2 rings (SSSR count). The van der Waals surface area contributed by atoms with Crippen LogP contribution in [0.4, 0.5) is 5.82 Å². The largest absolute Gasteiger partial charge is 0.360 e. The van der Waals surface area contributed by atoms with Crippen molar-refractivity contribution in [1.29, 1.82) is 0 Å². The van der Waals surface area contributed by atoms with Crippen LogP contribution in [-0.2, 0) is 9.59 Å². The van der Waals surface area contributed by atoms with E-state index in [9.17, 15) is 9.59 Å². The molecule has 1 saturated heterocycles. The van der Waals surface area contributed by atoms with E-state index < -0.39 is 0 Å². The minimum Gasteiger partial charge on any atom is -0.360 e. The van der Waals surface area contributed by atoms with Crippen LogP contribution < -0.4 is 5.32 Å². The van der Waals surface area contributed by atoms with Crippen molar-refractivity contribution in [1.82, 2.24) is 10.1 Å². The van der Waals surface area contributed by atoms with Crippen LogP contribution in [0.25, 0.3) is 0 Å². The summed E-state index contributed by atoms with van der Waals surface area (Å²) in [6, 6.07) is 1.62. The van der Waals surface area contributed by atoms with E-state index in [2.05, 4.69) is 17.4 Å². The lowest BCUT2D eigenvalue weighted by Crippen LogP contribution is -2.39. The number of nitrogens with zero attached hydrogens (tertiary/aromatic N) is 2. The Bertz CT molecular complexity index is 461. The van der Waals surface area contributed by atoms with Gasteiger partial charge in [0.1, 0.15) is 12.2 Å². The highest BCUT2D eigenvalue weighted by molar-refractivity contribution is 6.03. The molecule has 6 heteroatoms. The van der Waals surface area contributed by atoms with E-state index in [-0.39, 0.29) is 18.2 Å². The van der Waals surface area contributed by atoms with Crippen molar-refractivity contribution in [3.8, 4) is 0 Å². The molecule has 19 heavy (non-hydrogen) atoms. The zero-order valence-corrected chi connectivity index (χ0v) is 11.3. The number of piperidine rings is 1. The number of hydrogen-bond donors (Lipinski definition) is 1. The number of amides is 2. The summed E-state index contributed by atoms with van der Waals surface area (Å²) >= 11 is 0. The van der Waals surface area contributed by atoms with Gasteiger partial charge in [-0.3, -0.25) is 9.59 Å². The second-order valence-corrected chi connectivity index (χ2v) is 5.11. The van der Waals surface area contributed by atoms with Gasteiger partial charge in [-0.2, -0.15) is 0 Å². The molecule has 1 N–H and O–H groups in total. The molecule has 1 aromatic heterocycles. The van der Waals surface area contributed by atoms with E-state index in [1.165, 1.54) is 0 Å². The Labute approximate surface area is 112 Å². The average molecular weight is 265 g/mol. The van der Waals surface area contributed by atoms with E-state index in [0.29, 0.717) is 17.5 Å². The molecule has 1 fully saturated rings. The Balaban J connectivity index is 1.80. The monoisotopic (exact) mass is 265 g/mol. The maximum atomic E-state index is 11.9. The molecule has 0 atom stereocenters. The van der Waals surface area contributed by atoms with Crippen molar-refractivity contribution in [3.05, 3.63) is 11.8 Å². The SMILES string of the molecule is Cc1cc(NC(=O)CC(=O)N2CCC(C)CC2)no1. The van der Waals surface area contributed by atoms with Crippen molar-refractivity contribution in [2.75, 3.05) is 18.4 Å². The number of nitrogens with one attached hydrogen (secondary N) is 1. The Morgan fingerprint density at radius 1 is 1.47 bits per heavy atom. The van der Waals surface area contributed by atoms with Gasteiger partial charge < -0.3 is 14.7 Å². The molecule has 0 radical (unpaired) electrons. The van der Waals surface area contributed by atoms with Gasteiger partial charge >= 0.3 is 0 Å². The number of rotatable bonds is 3. The molecule has 0 aromatic carbocycles. The molecule has 0 unspecified atom stereocenters. The number of likely N-dealkylation sites (tertiary alicyclic amines) is 1. The molecule has 0 saturated carbocycles. The molecule has 2 amide bonds. The first-order valence-electron chi connectivity index (χ1n) is 6.55. The molecule has 104 valence electrons. The smallest absolute Gasteiger partial charge is 0.235 e. The first kappa shape index (κ1) is 13.6. The predicted molar refractivity (Wildman–Crippen MR) is 69.5 cm³/mol. The van der Waals surface area contributed by atoms with Crippen LogP contribution in [0.1, 0.15) is 31.9 Å². The summed E-state index contributed by atoms with van der Waals surface area (Å²) in [7, 11) is 0. The summed E-state index contributed by atoms with van der Waals surface area (Å²) in [4.78, 5) is 25.4. The predicted octanol–water partition coefficient (Wildman–Crippen LogP) is 1.57. The molecule has 1 aromatic rings. The normalized spacial score (nSPS) is 16.4. The zero-order valence-electron chi connectivity index (χ0n) is 11.3. The second-order valence-electron chi connectivity index (χ2n) is 5.11. The minimum atomic E-state index is -0.350. The molecule has 1 aliphatic heterocycles. The van der Waals surface area contributed by atoms with Crippen LogP contribution >= 0.6 is 0 Å². The first-order chi connectivity index (χ1) is 9.04. The minimum absolute atomic E-state index is 0.121. The van der Waals surface area contributed by atoms with Crippen LogP contribution in [0.15, 0.2) is 10.6 Å². The lowest BCUT2D eigenvalue weighted by atomic mass is 9.99. The number of aryl methyl sites for hydroxylation is 1.